The highest BCUT2D eigenvalue weighted by atomic mass is 32.2. The maximum atomic E-state index is 12.6. The summed E-state index contributed by atoms with van der Waals surface area (Å²) < 4.78 is 31.6. The summed E-state index contributed by atoms with van der Waals surface area (Å²) in [4.78, 5) is 12.6. The summed E-state index contributed by atoms with van der Waals surface area (Å²) in [6.45, 7) is 6.55. The number of aryl methyl sites for hydroxylation is 2. The van der Waals surface area contributed by atoms with E-state index in [1.54, 1.807) is 48.5 Å². The van der Waals surface area contributed by atoms with Crippen molar-refractivity contribution in [2.75, 3.05) is 22.5 Å². The first-order valence-corrected chi connectivity index (χ1v) is 12.2. The lowest BCUT2D eigenvalue weighted by Gasteiger charge is -2.23. The predicted molar refractivity (Wildman–Crippen MR) is 129 cm³/mol. The van der Waals surface area contributed by atoms with Crippen LogP contribution in [0.5, 0.6) is 5.75 Å². The molecule has 3 rings (SSSR count). The first-order chi connectivity index (χ1) is 15.2. The van der Waals surface area contributed by atoms with Gasteiger partial charge in [-0.15, -0.1) is 0 Å². The predicted octanol–water partition coefficient (Wildman–Crippen LogP) is 4.92. The van der Waals surface area contributed by atoms with Gasteiger partial charge in [-0.1, -0.05) is 18.2 Å². The molecule has 0 unspecified atom stereocenters. The number of anilines is 2. The summed E-state index contributed by atoms with van der Waals surface area (Å²) in [6.07, 6.45) is 1.18. The Balaban J connectivity index is 1.75. The van der Waals surface area contributed by atoms with E-state index in [0.717, 1.165) is 22.4 Å². The van der Waals surface area contributed by atoms with Crippen LogP contribution < -0.4 is 14.4 Å². The third-order valence-corrected chi connectivity index (χ3v) is 6.00. The van der Waals surface area contributed by atoms with Gasteiger partial charge in [0.25, 0.3) is 5.91 Å². The molecule has 0 aliphatic heterocycles. The number of carbonyl (C=O) groups is 1. The number of ether oxygens (including phenoxy) is 1. The molecule has 6 nitrogen and oxygen atoms in total. The number of sulfonamides is 1. The van der Waals surface area contributed by atoms with Gasteiger partial charge in [0.15, 0.2) is 0 Å². The van der Waals surface area contributed by atoms with E-state index in [9.17, 15) is 13.2 Å². The molecule has 7 heteroatoms. The number of carbonyl (C=O) groups excluding carboxylic acids is 1. The highest BCUT2D eigenvalue weighted by molar-refractivity contribution is 7.92. The number of benzene rings is 3. The number of nitrogens with one attached hydrogen (secondary N) is 1. The van der Waals surface area contributed by atoms with Crippen LogP contribution in [-0.2, 0) is 16.6 Å². The Labute approximate surface area is 189 Å². The van der Waals surface area contributed by atoms with Crippen molar-refractivity contribution in [3.63, 3.8) is 0 Å². The summed E-state index contributed by atoms with van der Waals surface area (Å²) in [5.41, 5.74) is 4.71. The van der Waals surface area contributed by atoms with Gasteiger partial charge in [-0.25, -0.2) is 8.42 Å². The van der Waals surface area contributed by atoms with Gasteiger partial charge in [0.1, 0.15) is 5.75 Å². The fourth-order valence-corrected chi connectivity index (χ4v) is 4.34. The zero-order valence-corrected chi connectivity index (χ0v) is 19.6. The van der Waals surface area contributed by atoms with Crippen LogP contribution in [0.25, 0.3) is 0 Å². The second-order valence-corrected chi connectivity index (χ2v) is 9.63. The largest absolute Gasteiger partial charge is 0.494 e. The minimum atomic E-state index is -3.50. The van der Waals surface area contributed by atoms with E-state index in [0.29, 0.717) is 23.6 Å². The molecular formula is C25H28N2O4S. The van der Waals surface area contributed by atoms with Gasteiger partial charge < -0.3 is 10.1 Å². The molecule has 0 aliphatic carbocycles. The lowest BCUT2D eigenvalue weighted by atomic mass is 10.1. The second kappa shape index (κ2) is 9.87. The Bertz CT molecular complexity index is 1170. The van der Waals surface area contributed by atoms with Gasteiger partial charge in [-0.2, -0.15) is 0 Å². The summed E-state index contributed by atoms with van der Waals surface area (Å²) in [7, 11) is -3.50. The molecule has 0 heterocycles. The third kappa shape index (κ3) is 6.11. The highest BCUT2D eigenvalue weighted by Crippen LogP contribution is 2.24. The summed E-state index contributed by atoms with van der Waals surface area (Å²) in [5.74, 6) is 0.469. The van der Waals surface area contributed by atoms with Gasteiger partial charge in [-0.3, -0.25) is 9.10 Å². The maximum Gasteiger partial charge on any atom is 0.255 e. The van der Waals surface area contributed by atoms with Crippen LogP contribution in [0.4, 0.5) is 11.4 Å². The number of amides is 1. The summed E-state index contributed by atoms with van der Waals surface area (Å²) in [5, 5.41) is 2.91. The average Bonchev–Trinajstić information content (AvgIpc) is 2.72. The van der Waals surface area contributed by atoms with Gasteiger partial charge in [0, 0.05) is 11.3 Å². The van der Waals surface area contributed by atoms with Crippen molar-refractivity contribution < 1.29 is 17.9 Å². The Kier molecular flexibility index (Phi) is 7.20. The maximum absolute atomic E-state index is 12.6. The molecule has 0 saturated carbocycles. The molecule has 0 saturated heterocycles. The van der Waals surface area contributed by atoms with Crippen LogP contribution in [0.2, 0.25) is 0 Å². The fourth-order valence-electron chi connectivity index (χ4n) is 3.45. The molecular weight excluding hydrogens is 424 g/mol. The molecule has 0 spiro atoms. The van der Waals surface area contributed by atoms with Gasteiger partial charge in [-0.05, 0) is 86.0 Å². The van der Waals surface area contributed by atoms with Crippen LogP contribution in [0, 0.1) is 13.8 Å². The lowest BCUT2D eigenvalue weighted by Crippen LogP contribution is -2.29. The number of hydrogen-bond acceptors (Lipinski definition) is 4. The minimum Gasteiger partial charge on any atom is -0.494 e. The van der Waals surface area contributed by atoms with Crippen LogP contribution in [-0.4, -0.2) is 27.2 Å². The molecule has 32 heavy (non-hydrogen) atoms. The van der Waals surface area contributed by atoms with E-state index < -0.39 is 10.0 Å². The molecule has 0 radical (unpaired) electrons. The van der Waals surface area contributed by atoms with Crippen molar-refractivity contribution in [2.24, 2.45) is 0 Å². The summed E-state index contributed by atoms with van der Waals surface area (Å²) in [6, 6.07) is 19.7. The fraction of sp³-hybridized carbons (Fsp3) is 0.240. The first-order valence-electron chi connectivity index (χ1n) is 10.3. The first kappa shape index (κ1) is 23.3. The van der Waals surface area contributed by atoms with E-state index in [2.05, 4.69) is 5.32 Å². The van der Waals surface area contributed by atoms with Crippen molar-refractivity contribution in [2.45, 2.75) is 27.3 Å². The molecule has 168 valence electrons. The van der Waals surface area contributed by atoms with Crippen molar-refractivity contribution >= 4 is 27.3 Å². The van der Waals surface area contributed by atoms with E-state index >= 15 is 0 Å². The van der Waals surface area contributed by atoms with Crippen molar-refractivity contribution in [3.8, 4) is 5.75 Å². The third-order valence-electron chi connectivity index (χ3n) is 4.86. The second-order valence-electron chi connectivity index (χ2n) is 7.72. The zero-order valence-electron chi connectivity index (χ0n) is 18.8. The number of rotatable bonds is 8. The van der Waals surface area contributed by atoms with Crippen molar-refractivity contribution in [1.29, 1.82) is 0 Å². The monoisotopic (exact) mass is 452 g/mol. The highest BCUT2D eigenvalue weighted by Gasteiger charge is 2.18. The molecule has 1 amide bonds. The molecule has 0 atom stereocenters. The van der Waals surface area contributed by atoms with Gasteiger partial charge in [0.2, 0.25) is 10.0 Å². The molecule has 0 fully saturated rings. The topological polar surface area (TPSA) is 75.7 Å². The normalized spacial score (nSPS) is 11.1. The number of nitrogens with zero attached hydrogens (tertiary/aromatic N) is 1. The van der Waals surface area contributed by atoms with Crippen LogP contribution in [0.3, 0.4) is 0 Å². The number of hydrogen-bond donors (Lipinski definition) is 1. The smallest absolute Gasteiger partial charge is 0.255 e. The quantitative estimate of drug-likeness (QED) is 0.526. The Morgan fingerprint density at radius 2 is 1.53 bits per heavy atom. The van der Waals surface area contributed by atoms with E-state index in [1.807, 2.05) is 39.0 Å². The molecule has 3 aromatic carbocycles. The van der Waals surface area contributed by atoms with Crippen LogP contribution >= 0.6 is 0 Å². The minimum absolute atomic E-state index is 0.159. The zero-order chi connectivity index (χ0) is 23.3. The Hall–Kier alpha value is -3.32. The van der Waals surface area contributed by atoms with Crippen LogP contribution in [0.15, 0.2) is 66.7 Å². The van der Waals surface area contributed by atoms with Gasteiger partial charge >= 0.3 is 0 Å². The van der Waals surface area contributed by atoms with E-state index in [1.165, 1.54) is 10.6 Å². The Morgan fingerprint density at radius 1 is 0.938 bits per heavy atom. The standard InChI is InChI=1S/C25H28N2O4S/c1-5-31-24-12-10-23(11-13-24)27(32(4,29)30)17-20-6-8-21(9-7-20)25(28)26-22-15-18(2)14-19(3)16-22/h6-16H,5,17H2,1-4H3,(H,26,28). The molecule has 3 aromatic rings. The molecule has 1 N–H and O–H groups in total. The Morgan fingerprint density at radius 3 is 2.06 bits per heavy atom. The molecule has 0 aromatic heterocycles. The molecule has 0 bridgehead atoms. The van der Waals surface area contributed by atoms with Crippen molar-refractivity contribution in [3.05, 3.63) is 89.0 Å². The summed E-state index contributed by atoms with van der Waals surface area (Å²) >= 11 is 0. The van der Waals surface area contributed by atoms with Gasteiger partial charge in [0.05, 0.1) is 25.1 Å². The van der Waals surface area contributed by atoms with Crippen LogP contribution in [0.1, 0.15) is 34.0 Å². The molecule has 0 aliphatic rings. The van der Waals surface area contributed by atoms with Crippen molar-refractivity contribution in [1.82, 2.24) is 0 Å². The average molecular weight is 453 g/mol. The van der Waals surface area contributed by atoms with E-state index in [4.69, 9.17) is 4.74 Å². The lowest BCUT2D eigenvalue weighted by molar-refractivity contribution is 0.102. The van der Waals surface area contributed by atoms with E-state index in [-0.39, 0.29) is 12.5 Å². The SMILES string of the molecule is CCOc1ccc(N(Cc2ccc(C(=O)Nc3cc(C)cc(C)c3)cc2)S(C)(=O)=O)cc1.